The molecular formula is C23H18ClN3O4. The maximum atomic E-state index is 13.0. The molecule has 3 aromatic rings. The van der Waals surface area contributed by atoms with Crippen LogP contribution in [0.4, 0.5) is 5.69 Å². The molecule has 0 radical (unpaired) electrons. The fraction of sp³-hybridized carbons (Fsp3) is 0.0435. The van der Waals surface area contributed by atoms with Gasteiger partial charge in [-0.05, 0) is 48.5 Å². The van der Waals surface area contributed by atoms with Crippen molar-refractivity contribution in [2.75, 3.05) is 4.90 Å². The highest BCUT2D eigenvalue weighted by Crippen LogP contribution is 2.21. The van der Waals surface area contributed by atoms with E-state index in [2.05, 4.69) is 10.5 Å². The number of aromatic hydroxyl groups is 1. The van der Waals surface area contributed by atoms with Crippen molar-refractivity contribution < 1.29 is 19.5 Å². The van der Waals surface area contributed by atoms with E-state index < -0.39 is 24.1 Å². The Kier molecular flexibility index (Phi) is 7.13. The first-order valence-electron chi connectivity index (χ1n) is 9.23. The molecule has 31 heavy (non-hydrogen) atoms. The second-order valence-electron chi connectivity index (χ2n) is 6.41. The lowest BCUT2D eigenvalue weighted by molar-refractivity contribution is -0.127. The first-order valence-corrected chi connectivity index (χ1v) is 9.61. The number of phenolic OH excluding ortho intramolecular Hbond substituents is 1. The summed E-state index contributed by atoms with van der Waals surface area (Å²) in [6.45, 7) is 0. The number of carbonyl (C=O) groups is 3. The molecule has 3 aromatic carbocycles. The summed E-state index contributed by atoms with van der Waals surface area (Å²) in [4.78, 5) is 39.0. The highest BCUT2D eigenvalue weighted by Gasteiger charge is 2.26. The fourth-order valence-electron chi connectivity index (χ4n) is 2.70. The van der Waals surface area contributed by atoms with Crippen molar-refractivity contribution in [1.29, 1.82) is 0 Å². The summed E-state index contributed by atoms with van der Waals surface area (Å²) >= 11 is 5.91. The standard InChI is InChI=1S/C23H18ClN3O4/c24-18-10-12-19(13-11-18)27(23(31)16-6-2-1-3-7-16)22(30)14-21(29)26-25-15-17-8-4-5-9-20(17)28/h1-13,15,28H,14H2,(H,26,29)/b25-15-. The molecule has 156 valence electrons. The Hall–Kier alpha value is -3.97. The van der Waals surface area contributed by atoms with Crippen LogP contribution in [0.2, 0.25) is 5.02 Å². The summed E-state index contributed by atoms with van der Waals surface area (Å²) in [5, 5.41) is 13.9. The number of amides is 3. The SMILES string of the molecule is O=C(CC(=O)N(C(=O)c1ccccc1)c1ccc(Cl)cc1)N/N=C\c1ccccc1O. The largest absolute Gasteiger partial charge is 0.507 e. The number of para-hydroxylation sites is 1. The number of hydrogen-bond donors (Lipinski definition) is 2. The smallest absolute Gasteiger partial charge is 0.265 e. The van der Waals surface area contributed by atoms with E-state index in [1.807, 2.05) is 0 Å². The van der Waals surface area contributed by atoms with Crippen LogP contribution in [0.25, 0.3) is 0 Å². The Labute approximate surface area is 183 Å². The van der Waals surface area contributed by atoms with Crippen LogP contribution in [-0.2, 0) is 9.59 Å². The number of halogens is 1. The van der Waals surface area contributed by atoms with Gasteiger partial charge in [0.25, 0.3) is 5.91 Å². The van der Waals surface area contributed by atoms with E-state index in [1.54, 1.807) is 60.7 Å². The zero-order valence-corrected chi connectivity index (χ0v) is 17.0. The molecule has 0 aromatic heterocycles. The summed E-state index contributed by atoms with van der Waals surface area (Å²) in [5.74, 6) is -2.01. The van der Waals surface area contributed by atoms with Gasteiger partial charge < -0.3 is 5.11 Å². The van der Waals surface area contributed by atoms with Crippen molar-refractivity contribution in [2.45, 2.75) is 6.42 Å². The molecule has 0 aliphatic heterocycles. The first kappa shape index (κ1) is 21.7. The average Bonchev–Trinajstić information content (AvgIpc) is 2.77. The van der Waals surface area contributed by atoms with Gasteiger partial charge in [-0.1, -0.05) is 41.9 Å². The van der Waals surface area contributed by atoms with Crippen LogP contribution >= 0.6 is 11.6 Å². The van der Waals surface area contributed by atoms with Gasteiger partial charge >= 0.3 is 0 Å². The van der Waals surface area contributed by atoms with E-state index in [-0.39, 0.29) is 11.4 Å². The van der Waals surface area contributed by atoms with Crippen molar-refractivity contribution >= 4 is 41.2 Å². The minimum absolute atomic E-state index is 0.000975. The van der Waals surface area contributed by atoms with Crippen LogP contribution in [0.5, 0.6) is 5.75 Å². The van der Waals surface area contributed by atoms with E-state index in [1.165, 1.54) is 24.4 Å². The number of anilines is 1. The molecule has 2 N–H and O–H groups in total. The van der Waals surface area contributed by atoms with E-state index in [9.17, 15) is 19.5 Å². The molecule has 8 heteroatoms. The van der Waals surface area contributed by atoms with Gasteiger partial charge in [0.1, 0.15) is 12.2 Å². The van der Waals surface area contributed by atoms with Crippen molar-refractivity contribution in [3.8, 4) is 5.75 Å². The number of carbonyl (C=O) groups excluding carboxylic acids is 3. The number of hydrogen-bond acceptors (Lipinski definition) is 5. The third-order valence-electron chi connectivity index (χ3n) is 4.20. The summed E-state index contributed by atoms with van der Waals surface area (Å²) in [7, 11) is 0. The zero-order chi connectivity index (χ0) is 22.2. The molecule has 0 atom stereocenters. The van der Waals surface area contributed by atoms with Crippen LogP contribution in [0.15, 0.2) is 84.0 Å². The Morgan fingerprint density at radius 2 is 1.58 bits per heavy atom. The first-order chi connectivity index (χ1) is 15.0. The van der Waals surface area contributed by atoms with Crippen LogP contribution in [-0.4, -0.2) is 29.0 Å². The summed E-state index contributed by atoms with van der Waals surface area (Å²) in [5.41, 5.74) is 3.20. The third kappa shape index (κ3) is 5.77. The van der Waals surface area contributed by atoms with Gasteiger partial charge in [-0.3, -0.25) is 14.4 Å². The highest BCUT2D eigenvalue weighted by atomic mass is 35.5. The number of rotatable bonds is 6. The number of nitrogens with one attached hydrogen (secondary N) is 1. The highest BCUT2D eigenvalue weighted by molar-refractivity contribution is 6.31. The van der Waals surface area contributed by atoms with Gasteiger partial charge in [-0.15, -0.1) is 0 Å². The van der Waals surface area contributed by atoms with Crippen LogP contribution in [0, 0.1) is 0 Å². The Morgan fingerprint density at radius 1 is 0.935 bits per heavy atom. The Balaban J connectivity index is 1.75. The number of benzene rings is 3. The summed E-state index contributed by atoms with van der Waals surface area (Å²) in [6.07, 6.45) is 0.642. The fourth-order valence-corrected chi connectivity index (χ4v) is 2.83. The van der Waals surface area contributed by atoms with Gasteiger partial charge in [0, 0.05) is 16.1 Å². The van der Waals surface area contributed by atoms with Crippen molar-refractivity contribution in [2.24, 2.45) is 5.10 Å². The minimum Gasteiger partial charge on any atom is -0.507 e. The van der Waals surface area contributed by atoms with E-state index >= 15 is 0 Å². The molecular weight excluding hydrogens is 418 g/mol. The lowest BCUT2D eigenvalue weighted by Crippen LogP contribution is -2.39. The lowest BCUT2D eigenvalue weighted by Gasteiger charge is -2.21. The van der Waals surface area contributed by atoms with Crippen molar-refractivity contribution in [3.05, 3.63) is 95.0 Å². The molecule has 0 unspecified atom stereocenters. The monoisotopic (exact) mass is 435 g/mol. The second kappa shape index (κ2) is 10.2. The molecule has 7 nitrogen and oxygen atoms in total. The Morgan fingerprint density at radius 3 is 2.26 bits per heavy atom. The molecule has 3 rings (SSSR count). The number of imide groups is 1. The predicted octanol–water partition coefficient (Wildman–Crippen LogP) is 3.76. The number of hydrazone groups is 1. The Bertz CT molecular complexity index is 1120. The molecule has 0 saturated carbocycles. The number of nitrogens with zero attached hydrogens (tertiary/aromatic N) is 2. The second-order valence-corrected chi connectivity index (χ2v) is 6.84. The van der Waals surface area contributed by atoms with E-state index in [0.717, 1.165) is 4.90 Å². The zero-order valence-electron chi connectivity index (χ0n) is 16.2. The maximum absolute atomic E-state index is 13.0. The van der Waals surface area contributed by atoms with E-state index in [4.69, 9.17) is 11.6 Å². The van der Waals surface area contributed by atoms with Gasteiger partial charge in [0.2, 0.25) is 11.8 Å². The van der Waals surface area contributed by atoms with Crippen LogP contribution in [0.3, 0.4) is 0 Å². The average molecular weight is 436 g/mol. The molecule has 0 aliphatic rings. The normalized spacial score (nSPS) is 10.6. The van der Waals surface area contributed by atoms with E-state index in [0.29, 0.717) is 16.1 Å². The van der Waals surface area contributed by atoms with Gasteiger partial charge in [-0.25, -0.2) is 10.3 Å². The molecule has 0 bridgehead atoms. The molecule has 0 fully saturated rings. The predicted molar refractivity (Wildman–Crippen MR) is 118 cm³/mol. The maximum Gasteiger partial charge on any atom is 0.265 e. The van der Waals surface area contributed by atoms with Crippen molar-refractivity contribution in [3.63, 3.8) is 0 Å². The molecule has 0 spiro atoms. The molecule has 0 saturated heterocycles. The third-order valence-corrected chi connectivity index (χ3v) is 4.45. The minimum atomic E-state index is -0.730. The van der Waals surface area contributed by atoms with Gasteiger partial charge in [0.05, 0.1) is 11.9 Å². The molecule has 3 amide bonds. The molecule has 0 heterocycles. The quantitative estimate of drug-likeness (QED) is 0.350. The number of phenols is 1. The van der Waals surface area contributed by atoms with Crippen LogP contribution < -0.4 is 10.3 Å². The van der Waals surface area contributed by atoms with Gasteiger partial charge in [0.15, 0.2) is 0 Å². The topological polar surface area (TPSA) is 99.1 Å². The summed E-state index contributed by atoms with van der Waals surface area (Å²) < 4.78 is 0. The van der Waals surface area contributed by atoms with Crippen molar-refractivity contribution in [1.82, 2.24) is 5.43 Å². The summed E-state index contributed by atoms with van der Waals surface area (Å²) in [6, 6.07) is 20.8. The van der Waals surface area contributed by atoms with Gasteiger partial charge in [-0.2, -0.15) is 5.10 Å². The van der Waals surface area contributed by atoms with Crippen LogP contribution in [0.1, 0.15) is 22.3 Å². The lowest BCUT2D eigenvalue weighted by atomic mass is 10.1. The molecule has 0 aliphatic carbocycles.